The molecule has 0 aliphatic heterocycles. The zero-order chi connectivity index (χ0) is 28.8. The summed E-state index contributed by atoms with van der Waals surface area (Å²) in [6, 6.07) is 48.9. The minimum absolute atomic E-state index is 0.600. The third kappa shape index (κ3) is 3.10. The first-order chi connectivity index (χ1) is 21.8. The molecule has 0 radical (unpaired) electrons. The molecule has 0 atom stereocenters. The van der Waals surface area contributed by atoms with Crippen molar-refractivity contribution in [2.75, 3.05) is 0 Å². The Balaban J connectivity index is 1.41. The Labute approximate surface area is 251 Å². The normalized spacial score (nSPS) is 12.1. The van der Waals surface area contributed by atoms with E-state index in [0.717, 1.165) is 27.7 Å². The highest BCUT2D eigenvalue weighted by Crippen LogP contribution is 2.43. The van der Waals surface area contributed by atoms with Gasteiger partial charge < -0.3 is 4.40 Å². The van der Waals surface area contributed by atoms with E-state index in [9.17, 15) is 0 Å². The van der Waals surface area contributed by atoms with Crippen LogP contribution in [0.1, 0.15) is 0 Å². The minimum Gasteiger partial charge on any atom is -0.308 e. The molecule has 0 unspecified atom stereocenters. The van der Waals surface area contributed by atoms with Gasteiger partial charge in [-0.2, -0.15) is 9.97 Å². The summed E-state index contributed by atoms with van der Waals surface area (Å²) in [4.78, 5) is 15.2. The summed E-state index contributed by atoms with van der Waals surface area (Å²) in [6.45, 7) is 0. The average Bonchev–Trinajstić information content (AvgIpc) is 3.58. The van der Waals surface area contributed by atoms with Gasteiger partial charge in [0.05, 0.1) is 27.6 Å². The van der Waals surface area contributed by atoms with Crippen LogP contribution in [0.25, 0.3) is 88.6 Å². The van der Waals surface area contributed by atoms with E-state index in [-0.39, 0.29) is 0 Å². The molecular weight excluding hydrogens is 538 g/mol. The van der Waals surface area contributed by atoms with Gasteiger partial charge in [-0.15, -0.1) is 0 Å². The van der Waals surface area contributed by atoms with Crippen LogP contribution in [-0.2, 0) is 0 Å². The molecule has 0 saturated heterocycles. The molecule has 0 bridgehead atoms. The van der Waals surface area contributed by atoms with Crippen molar-refractivity contribution < 1.29 is 0 Å². The number of fused-ring (bicyclic) bond motifs is 5. The number of rotatable bonds is 3. The van der Waals surface area contributed by atoms with Crippen LogP contribution in [0.3, 0.4) is 0 Å². The molecule has 0 amide bonds. The first-order valence-electron chi connectivity index (χ1n) is 14.8. The van der Waals surface area contributed by atoms with Crippen LogP contribution in [0.4, 0.5) is 0 Å². The Morgan fingerprint density at radius 2 is 0.864 bits per heavy atom. The van der Waals surface area contributed by atoms with Crippen molar-refractivity contribution >= 4 is 59.9 Å². The number of hydrogen-bond donors (Lipinski definition) is 0. The predicted octanol–water partition coefficient (Wildman–Crippen LogP) is 9.45. The highest BCUT2D eigenvalue weighted by atomic mass is 15.2. The molecule has 5 heteroatoms. The molecule has 0 aliphatic carbocycles. The van der Waals surface area contributed by atoms with Gasteiger partial charge in [-0.1, -0.05) is 115 Å². The summed E-state index contributed by atoms with van der Waals surface area (Å²) in [5, 5.41) is 7.37. The highest BCUT2D eigenvalue weighted by Gasteiger charge is 2.23. The van der Waals surface area contributed by atoms with E-state index in [1.807, 2.05) is 60.7 Å². The number of para-hydroxylation sites is 2. The van der Waals surface area contributed by atoms with Gasteiger partial charge in [-0.3, -0.25) is 4.57 Å². The molecule has 10 rings (SSSR count). The fourth-order valence-electron chi connectivity index (χ4n) is 7.10. The molecule has 4 aromatic heterocycles. The molecule has 4 heterocycles. The molecule has 0 saturated carbocycles. The van der Waals surface area contributed by atoms with Gasteiger partial charge in [0.2, 0.25) is 5.95 Å². The lowest BCUT2D eigenvalue weighted by atomic mass is 10.0. The second-order valence-corrected chi connectivity index (χ2v) is 11.3. The number of hydrogen-bond acceptors (Lipinski definition) is 3. The Hall–Kier alpha value is -6.07. The van der Waals surface area contributed by atoms with Crippen molar-refractivity contribution in [2.45, 2.75) is 0 Å². The van der Waals surface area contributed by atoms with Crippen molar-refractivity contribution in [3.8, 4) is 28.7 Å². The van der Waals surface area contributed by atoms with Crippen LogP contribution in [0, 0.1) is 0 Å². The topological polar surface area (TPSA) is 48.0 Å². The lowest BCUT2D eigenvalue weighted by molar-refractivity contribution is 0.953. The van der Waals surface area contributed by atoms with E-state index >= 15 is 0 Å². The van der Waals surface area contributed by atoms with E-state index in [1.54, 1.807) is 0 Å². The summed E-state index contributed by atoms with van der Waals surface area (Å²) in [5.41, 5.74) is 7.64. The van der Waals surface area contributed by atoms with Crippen molar-refractivity contribution in [1.29, 1.82) is 0 Å². The molecule has 6 aromatic carbocycles. The van der Waals surface area contributed by atoms with Gasteiger partial charge in [0.15, 0.2) is 11.6 Å². The maximum Gasteiger partial charge on any atom is 0.238 e. The summed E-state index contributed by atoms with van der Waals surface area (Å²) in [5.74, 6) is 1.89. The third-order valence-corrected chi connectivity index (χ3v) is 8.91. The Kier molecular flexibility index (Phi) is 4.66. The van der Waals surface area contributed by atoms with Gasteiger partial charge in [0.25, 0.3) is 0 Å². The maximum atomic E-state index is 5.13. The molecule has 44 heavy (non-hydrogen) atoms. The molecule has 10 aromatic rings. The smallest absolute Gasteiger partial charge is 0.238 e. The molecule has 0 N–H and O–H groups in total. The summed E-state index contributed by atoms with van der Waals surface area (Å²) < 4.78 is 4.67. The Morgan fingerprint density at radius 3 is 1.59 bits per heavy atom. The van der Waals surface area contributed by atoms with Crippen molar-refractivity contribution in [3.05, 3.63) is 140 Å². The minimum atomic E-state index is 0.600. The standard InChI is InChI=1S/C39H23N5/c1-3-12-24(13-4-1)37-40-38(25-14-5-2-6-15-25)42-39(41-37)44-31-21-10-17-27-29-19-9-18-28-26-16-7-8-20-30(26)43(36(28)29)32-22-11-23-33(44)35(32)34(27)31/h1-23H. The lowest BCUT2D eigenvalue weighted by Crippen LogP contribution is -2.06. The van der Waals surface area contributed by atoms with E-state index < -0.39 is 0 Å². The fraction of sp³-hybridized carbons (Fsp3) is 0. The van der Waals surface area contributed by atoms with Crippen LogP contribution >= 0.6 is 0 Å². The second-order valence-electron chi connectivity index (χ2n) is 11.3. The molecule has 0 aliphatic rings. The van der Waals surface area contributed by atoms with Crippen LogP contribution < -0.4 is 0 Å². The van der Waals surface area contributed by atoms with E-state index in [1.165, 1.54) is 43.4 Å². The Bertz CT molecular complexity index is 2650. The molecule has 0 spiro atoms. The molecule has 5 nitrogen and oxygen atoms in total. The molecule has 0 fully saturated rings. The maximum absolute atomic E-state index is 5.13. The van der Waals surface area contributed by atoms with Crippen molar-refractivity contribution in [3.63, 3.8) is 0 Å². The number of aromatic nitrogens is 5. The average molecular weight is 562 g/mol. The van der Waals surface area contributed by atoms with E-state index in [4.69, 9.17) is 15.0 Å². The van der Waals surface area contributed by atoms with Crippen LogP contribution in [0.2, 0.25) is 0 Å². The van der Waals surface area contributed by atoms with Crippen LogP contribution in [0.15, 0.2) is 140 Å². The first-order valence-corrected chi connectivity index (χ1v) is 14.8. The van der Waals surface area contributed by atoms with Crippen molar-refractivity contribution in [1.82, 2.24) is 23.9 Å². The zero-order valence-electron chi connectivity index (χ0n) is 23.5. The van der Waals surface area contributed by atoms with Crippen LogP contribution in [-0.4, -0.2) is 23.9 Å². The Morgan fingerprint density at radius 1 is 0.364 bits per heavy atom. The molecular formula is C39H23N5. The van der Waals surface area contributed by atoms with Gasteiger partial charge in [-0.25, -0.2) is 4.98 Å². The largest absolute Gasteiger partial charge is 0.308 e. The molecule has 204 valence electrons. The van der Waals surface area contributed by atoms with Gasteiger partial charge >= 0.3 is 0 Å². The van der Waals surface area contributed by atoms with Gasteiger partial charge in [-0.05, 0) is 29.7 Å². The fourth-order valence-corrected chi connectivity index (χ4v) is 7.10. The number of benzene rings is 6. The zero-order valence-corrected chi connectivity index (χ0v) is 23.5. The predicted molar refractivity (Wildman–Crippen MR) is 180 cm³/mol. The second kappa shape index (κ2) is 8.72. The summed E-state index contributed by atoms with van der Waals surface area (Å²) >= 11 is 0. The quantitative estimate of drug-likeness (QED) is 0.216. The van der Waals surface area contributed by atoms with Gasteiger partial charge in [0.1, 0.15) is 0 Å². The summed E-state index contributed by atoms with van der Waals surface area (Å²) in [6.07, 6.45) is 0. The first kappa shape index (κ1) is 23.5. The van der Waals surface area contributed by atoms with E-state index in [0.29, 0.717) is 17.6 Å². The summed E-state index contributed by atoms with van der Waals surface area (Å²) in [7, 11) is 0. The van der Waals surface area contributed by atoms with E-state index in [2.05, 4.69) is 87.8 Å². The highest BCUT2D eigenvalue weighted by molar-refractivity contribution is 6.31. The van der Waals surface area contributed by atoms with Crippen molar-refractivity contribution in [2.24, 2.45) is 0 Å². The lowest BCUT2D eigenvalue weighted by Gasteiger charge is -2.11. The van der Waals surface area contributed by atoms with Gasteiger partial charge in [0, 0.05) is 38.1 Å². The number of nitrogens with zero attached hydrogens (tertiary/aromatic N) is 5. The third-order valence-electron chi connectivity index (χ3n) is 8.91. The van der Waals surface area contributed by atoms with Crippen LogP contribution in [0.5, 0.6) is 0 Å². The SMILES string of the molecule is c1ccc(-c2nc(-c3ccccc3)nc(-n3c4cccc5c6cccc7c8ccccc8n(c8cccc3c8c54)c67)n2)cc1. The monoisotopic (exact) mass is 561 g/mol.